The van der Waals surface area contributed by atoms with Crippen molar-refractivity contribution < 1.29 is 9.59 Å². The fourth-order valence-corrected chi connectivity index (χ4v) is 1.80. The molecule has 1 aliphatic rings. The first-order valence-corrected chi connectivity index (χ1v) is 6.19. The summed E-state index contributed by atoms with van der Waals surface area (Å²) in [4.78, 5) is 24.5. The highest BCUT2D eigenvalue weighted by Crippen LogP contribution is 2.06. The van der Waals surface area contributed by atoms with E-state index in [1.54, 1.807) is 11.9 Å². The molecule has 0 bridgehead atoms. The van der Waals surface area contributed by atoms with Gasteiger partial charge in [-0.1, -0.05) is 13.2 Å². The molecule has 5 heteroatoms. The number of nitrogens with zero attached hydrogens (tertiary/aromatic N) is 2. The monoisotopic (exact) mass is 251 g/mol. The lowest BCUT2D eigenvalue weighted by Gasteiger charge is -2.20. The van der Waals surface area contributed by atoms with Gasteiger partial charge >= 0.3 is 0 Å². The zero-order valence-electron chi connectivity index (χ0n) is 10.9. The molecule has 1 fully saturated rings. The van der Waals surface area contributed by atoms with E-state index in [1.807, 2.05) is 0 Å². The average Bonchev–Trinajstić information content (AvgIpc) is 2.74. The van der Waals surface area contributed by atoms with E-state index in [1.165, 1.54) is 11.1 Å². The lowest BCUT2D eigenvalue weighted by atomic mass is 10.3. The molecular formula is C13H21N3O2. The number of rotatable bonds is 7. The molecule has 0 unspecified atom stereocenters. The fraction of sp³-hybridized carbons (Fsp3) is 0.538. The molecule has 0 spiro atoms. The zero-order valence-corrected chi connectivity index (χ0v) is 10.9. The minimum atomic E-state index is -0.109. The van der Waals surface area contributed by atoms with Gasteiger partial charge in [-0.3, -0.25) is 14.6 Å². The van der Waals surface area contributed by atoms with Crippen molar-refractivity contribution in [1.29, 1.82) is 0 Å². The van der Waals surface area contributed by atoms with Gasteiger partial charge in [-0.15, -0.1) is 0 Å². The number of hydrogen-bond donors (Lipinski definition) is 1. The van der Waals surface area contributed by atoms with Crippen molar-refractivity contribution in [1.82, 2.24) is 15.3 Å². The maximum atomic E-state index is 11.6. The Hall–Kier alpha value is -1.62. The Bertz CT molecular complexity index is 352. The highest BCUT2D eigenvalue weighted by molar-refractivity contribution is 5.92. The Kier molecular flexibility index (Phi) is 5.58. The number of nitrogens with one attached hydrogen (secondary N) is 1. The molecule has 1 aliphatic heterocycles. The molecule has 100 valence electrons. The third-order valence-corrected chi connectivity index (χ3v) is 2.80. The molecule has 0 aromatic heterocycles. The third-order valence-electron chi connectivity index (χ3n) is 2.80. The highest BCUT2D eigenvalue weighted by atomic mass is 16.2. The lowest BCUT2D eigenvalue weighted by molar-refractivity contribution is -0.130. The summed E-state index contributed by atoms with van der Waals surface area (Å²) >= 11 is 0. The first-order chi connectivity index (χ1) is 8.56. The maximum absolute atomic E-state index is 11.6. The normalized spacial score (nSPS) is 14.7. The molecular weight excluding hydrogens is 230 g/mol. The molecule has 1 N–H and O–H groups in total. The van der Waals surface area contributed by atoms with Crippen LogP contribution in [0.15, 0.2) is 24.9 Å². The minimum absolute atomic E-state index is 0.109. The van der Waals surface area contributed by atoms with E-state index in [9.17, 15) is 9.59 Å². The van der Waals surface area contributed by atoms with Crippen molar-refractivity contribution in [2.45, 2.75) is 26.2 Å². The van der Waals surface area contributed by atoms with Crippen LogP contribution in [-0.2, 0) is 9.59 Å². The topological polar surface area (TPSA) is 52.6 Å². The smallest absolute Gasteiger partial charge is 0.252 e. The van der Waals surface area contributed by atoms with Crippen LogP contribution >= 0.6 is 0 Å². The van der Waals surface area contributed by atoms with Gasteiger partial charge in [0.1, 0.15) is 0 Å². The van der Waals surface area contributed by atoms with Gasteiger partial charge in [0.2, 0.25) is 5.91 Å². The van der Waals surface area contributed by atoms with Gasteiger partial charge in [0.15, 0.2) is 0 Å². The molecule has 0 saturated carbocycles. The molecule has 5 nitrogen and oxygen atoms in total. The fourth-order valence-electron chi connectivity index (χ4n) is 1.80. The van der Waals surface area contributed by atoms with Crippen LogP contribution in [0.5, 0.6) is 0 Å². The van der Waals surface area contributed by atoms with Gasteiger partial charge in [-0.05, 0) is 26.0 Å². The zero-order chi connectivity index (χ0) is 13.5. The predicted molar refractivity (Wildman–Crippen MR) is 70.3 cm³/mol. The molecule has 0 aliphatic carbocycles. The summed E-state index contributed by atoms with van der Waals surface area (Å²) in [6, 6.07) is 0. The summed E-state index contributed by atoms with van der Waals surface area (Å²) in [6.45, 7) is 10.9. The number of hydrogen-bond acceptors (Lipinski definition) is 3. The van der Waals surface area contributed by atoms with Crippen LogP contribution in [0.3, 0.4) is 0 Å². The van der Waals surface area contributed by atoms with Gasteiger partial charge in [0.25, 0.3) is 5.91 Å². The second-order valence-corrected chi connectivity index (χ2v) is 4.37. The van der Waals surface area contributed by atoms with E-state index in [0.717, 1.165) is 19.4 Å². The summed E-state index contributed by atoms with van der Waals surface area (Å²) in [5.74, 6) is 0.0378. The van der Waals surface area contributed by atoms with Crippen molar-refractivity contribution in [3.63, 3.8) is 0 Å². The Morgan fingerprint density at radius 2 is 2.33 bits per heavy atom. The van der Waals surface area contributed by atoms with E-state index in [-0.39, 0.29) is 11.8 Å². The summed E-state index contributed by atoms with van der Waals surface area (Å²) in [7, 11) is 0. The molecule has 18 heavy (non-hydrogen) atoms. The van der Waals surface area contributed by atoms with Gasteiger partial charge in [0, 0.05) is 31.6 Å². The predicted octanol–water partition coefficient (Wildman–Crippen LogP) is 1.05. The van der Waals surface area contributed by atoms with Crippen LogP contribution in [0.25, 0.3) is 0 Å². The Labute approximate surface area is 108 Å². The third kappa shape index (κ3) is 4.00. The van der Waals surface area contributed by atoms with Crippen molar-refractivity contribution >= 4 is 11.8 Å². The Morgan fingerprint density at radius 1 is 1.61 bits per heavy atom. The molecule has 0 atom stereocenters. The SMILES string of the molecule is C=CN(CCCNN1CCCC1=O)C(=O)C(=C)C. The van der Waals surface area contributed by atoms with Crippen LogP contribution in [-0.4, -0.2) is 41.4 Å². The largest absolute Gasteiger partial charge is 0.316 e. The van der Waals surface area contributed by atoms with E-state index >= 15 is 0 Å². The van der Waals surface area contributed by atoms with Gasteiger partial charge in [-0.2, -0.15) is 0 Å². The first-order valence-electron chi connectivity index (χ1n) is 6.19. The Morgan fingerprint density at radius 3 is 2.83 bits per heavy atom. The maximum Gasteiger partial charge on any atom is 0.252 e. The second kappa shape index (κ2) is 6.96. The van der Waals surface area contributed by atoms with Gasteiger partial charge < -0.3 is 4.90 Å². The lowest BCUT2D eigenvalue weighted by Crippen LogP contribution is -2.40. The quantitative estimate of drug-likeness (QED) is 0.543. The van der Waals surface area contributed by atoms with Crippen LogP contribution in [0, 0.1) is 0 Å². The molecule has 1 heterocycles. The molecule has 1 rings (SSSR count). The number of carbonyl (C=O) groups excluding carboxylic acids is 2. The molecule has 2 amide bonds. The molecule has 0 aromatic rings. The summed E-state index contributed by atoms with van der Waals surface area (Å²) in [5, 5.41) is 1.65. The van der Waals surface area contributed by atoms with E-state index in [2.05, 4.69) is 18.6 Å². The van der Waals surface area contributed by atoms with Crippen LogP contribution in [0.1, 0.15) is 26.2 Å². The van der Waals surface area contributed by atoms with Crippen molar-refractivity contribution in [3.8, 4) is 0 Å². The highest BCUT2D eigenvalue weighted by Gasteiger charge is 2.19. The van der Waals surface area contributed by atoms with Crippen LogP contribution in [0.2, 0.25) is 0 Å². The molecule has 0 aromatic carbocycles. The van der Waals surface area contributed by atoms with Crippen LogP contribution < -0.4 is 5.43 Å². The van der Waals surface area contributed by atoms with E-state index in [0.29, 0.717) is 25.1 Å². The summed E-state index contributed by atoms with van der Waals surface area (Å²) in [5.41, 5.74) is 3.57. The average molecular weight is 251 g/mol. The Balaban J connectivity index is 2.23. The van der Waals surface area contributed by atoms with E-state index < -0.39 is 0 Å². The first kappa shape index (κ1) is 14.4. The van der Waals surface area contributed by atoms with Crippen molar-refractivity contribution in [2.24, 2.45) is 0 Å². The second-order valence-electron chi connectivity index (χ2n) is 4.37. The molecule has 0 radical (unpaired) electrons. The standard InChI is InChI=1S/C13H21N3O2/c1-4-15(13(18)11(2)3)9-6-8-14-16-10-5-7-12(16)17/h4,14H,1-2,5-10H2,3H3. The number of carbonyl (C=O) groups is 2. The van der Waals surface area contributed by atoms with Crippen LogP contribution in [0.4, 0.5) is 0 Å². The van der Waals surface area contributed by atoms with Gasteiger partial charge in [-0.25, -0.2) is 5.43 Å². The number of amides is 2. The summed E-state index contributed by atoms with van der Waals surface area (Å²) in [6.07, 6.45) is 3.81. The van der Waals surface area contributed by atoms with Crippen molar-refractivity contribution in [2.75, 3.05) is 19.6 Å². The van der Waals surface area contributed by atoms with Crippen molar-refractivity contribution in [3.05, 3.63) is 24.9 Å². The van der Waals surface area contributed by atoms with Gasteiger partial charge in [0.05, 0.1) is 0 Å². The van der Waals surface area contributed by atoms with E-state index in [4.69, 9.17) is 0 Å². The molecule has 1 saturated heterocycles. The number of hydrazine groups is 1. The summed E-state index contributed by atoms with van der Waals surface area (Å²) < 4.78 is 0. The minimum Gasteiger partial charge on any atom is -0.316 e.